The molecule has 1 aliphatic heterocycles. The van der Waals surface area contributed by atoms with E-state index >= 15 is 4.39 Å². The van der Waals surface area contributed by atoms with Crippen LogP contribution in [0.2, 0.25) is 0 Å². The minimum atomic E-state index is -3.19. The number of rotatable bonds is 5. The Hall–Kier alpha value is -4.29. The first kappa shape index (κ1) is 26.9. The molecule has 0 saturated heterocycles. The number of benzene rings is 1. The molecule has 0 bridgehead atoms. The van der Waals surface area contributed by atoms with Crippen LogP contribution in [0.15, 0.2) is 49.2 Å². The van der Waals surface area contributed by atoms with Gasteiger partial charge in [-0.3, -0.25) is 9.58 Å². The molecule has 1 aliphatic rings. The second kappa shape index (κ2) is 9.96. The largest absolute Gasteiger partial charge is 0.431 e. The summed E-state index contributed by atoms with van der Waals surface area (Å²) in [6, 6.07) is 5.04. The SMILES string of the molecule is CN1Cc2nn3ccc(-c4cnc(C(C)(C)O)nc4)cc3c2Cc2c(c(-c3cnn(C)c3)cc(F)c2OC(F)F)C1. The topological polar surface area (TPSA) is 93.6 Å². The van der Waals surface area contributed by atoms with Gasteiger partial charge in [0.2, 0.25) is 0 Å². The Bertz CT molecular complexity index is 1760. The minimum absolute atomic E-state index is 0.132. The standard InChI is InChI=1S/C29H28F3N7O2/c1-29(2,40)27-33-10-17(11-34-27)16-5-6-39-25(7-16)21-8-20-22(14-37(3)15-24(21)36-39)19(18-12-35-38(4)13-18)9-23(30)26(20)41-28(31)32/h5-7,9-13,28,40H,8,14-15H2,1-4H3. The first-order valence-corrected chi connectivity index (χ1v) is 13.0. The van der Waals surface area contributed by atoms with Gasteiger partial charge in [0.25, 0.3) is 0 Å². The summed E-state index contributed by atoms with van der Waals surface area (Å²) < 4.78 is 50.7. The third-order valence-corrected chi connectivity index (χ3v) is 7.23. The number of aryl methyl sites for hydroxylation is 1. The van der Waals surface area contributed by atoms with E-state index in [4.69, 9.17) is 9.84 Å². The lowest BCUT2D eigenvalue weighted by Gasteiger charge is -2.26. The Balaban J connectivity index is 1.52. The van der Waals surface area contributed by atoms with E-state index in [1.165, 1.54) is 6.07 Å². The van der Waals surface area contributed by atoms with Crippen molar-refractivity contribution >= 4 is 5.52 Å². The second-order valence-electron chi connectivity index (χ2n) is 10.8. The van der Waals surface area contributed by atoms with Gasteiger partial charge >= 0.3 is 6.61 Å². The fourth-order valence-corrected chi connectivity index (χ4v) is 5.32. The van der Waals surface area contributed by atoms with Crippen molar-refractivity contribution < 1.29 is 23.0 Å². The quantitative estimate of drug-likeness (QED) is 0.332. The highest BCUT2D eigenvalue weighted by Crippen LogP contribution is 2.40. The van der Waals surface area contributed by atoms with Gasteiger partial charge in [-0.2, -0.15) is 19.0 Å². The third-order valence-electron chi connectivity index (χ3n) is 7.23. The van der Waals surface area contributed by atoms with Crippen LogP contribution in [0.1, 0.15) is 42.1 Å². The lowest BCUT2D eigenvalue weighted by Crippen LogP contribution is -2.23. The Kier molecular flexibility index (Phi) is 6.54. The summed E-state index contributed by atoms with van der Waals surface area (Å²) in [5, 5.41) is 19.2. The van der Waals surface area contributed by atoms with E-state index in [-0.39, 0.29) is 6.42 Å². The van der Waals surface area contributed by atoms with Crippen LogP contribution in [0.5, 0.6) is 5.75 Å². The number of aliphatic hydroxyl groups is 1. The number of hydrogen-bond acceptors (Lipinski definition) is 7. The van der Waals surface area contributed by atoms with Gasteiger partial charge in [-0.1, -0.05) is 0 Å². The smallest absolute Gasteiger partial charge is 0.387 e. The predicted octanol–water partition coefficient (Wildman–Crippen LogP) is 4.70. The van der Waals surface area contributed by atoms with Crippen molar-refractivity contribution in [3.05, 3.63) is 83.2 Å². The third kappa shape index (κ3) is 5.04. The number of alkyl halides is 2. The molecule has 0 radical (unpaired) electrons. The molecule has 212 valence electrons. The molecular weight excluding hydrogens is 535 g/mol. The van der Waals surface area contributed by atoms with Crippen LogP contribution in [0.4, 0.5) is 13.2 Å². The lowest BCUT2D eigenvalue weighted by atomic mass is 9.89. The first-order chi connectivity index (χ1) is 19.5. The summed E-state index contributed by atoms with van der Waals surface area (Å²) in [7, 11) is 3.66. The van der Waals surface area contributed by atoms with Gasteiger partial charge in [0.05, 0.1) is 17.4 Å². The number of ether oxygens (including phenoxy) is 1. The van der Waals surface area contributed by atoms with Gasteiger partial charge in [-0.15, -0.1) is 0 Å². The molecule has 0 unspecified atom stereocenters. The number of nitrogens with zero attached hydrogens (tertiary/aromatic N) is 7. The Morgan fingerprint density at radius 3 is 2.39 bits per heavy atom. The number of hydrogen-bond donors (Lipinski definition) is 1. The molecule has 0 amide bonds. The van der Waals surface area contributed by atoms with Crippen LogP contribution < -0.4 is 4.74 Å². The van der Waals surface area contributed by atoms with Gasteiger partial charge in [-0.25, -0.2) is 18.9 Å². The van der Waals surface area contributed by atoms with Crippen LogP contribution in [0.25, 0.3) is 27.8 Å². The molecule has 41 heavy (non-hydrogen) atoms. The molecule has 0 spiro atoms. The van der Waals surface area contributed by atoms with Crippen molar-refractivity contribution in [1.82, 2.24) is 34.3 Å². The van der Waals surface area contributed by atoms with Crippen LogP contribution in [-0.2, 0) is 32.2 Å². The molecule has 1 aromatic carbocycles. The fraction of sp³-hybridized carbons (Fsp3) is 0.310. The highest BCUT2D eigenvalue weighted by atomic mass is 19.3. The van der Waals surface area contributed by atoms with E-state index in [0.717, 1.165) is 27.9 Å². The van der Waals surface area contributed by atoms with Gasteiger partial charge in [-0.05, 0) is 55.8 Å². The molecule has 4 aromatic heterocycles. The minimum Gasteiger partial charge on any atom is -0.431 e. The van der Waals surface area contributed by atoms with E-state index in [1.807, 2.05) is 30.3 Å². The van der Waals surface area contributed by atoms with Gasteiger partial charge < -0.3 is 9.84 Å². The summed E-state index contributed by atoms with van der Waals surface area (Å²) in [5.41, 5.74) is 4.90. The molecule has 5 aromatic rings. The van der Waals surface area contributed by atoms with E-state index in [2.05, 4.69) is 15.1 Å². The van der Waals surface area contributed by atoms with E-state index in [9.17, 15) is 13.9 Å². The predicted molar refractivity (Wildman–Crippen MR) is 145 cm³/mol. The highest BCUT2D eigenvalue weighted by molar-refractivity contribution is 5.74. The molecule has 9 nitrogen and oxygen atoms in total. The zero-order valence-electron chi connectivity index (χ0n) is 22.9. The number of fused-ring (bicyclic) bond motifs is 4. The van der Waals surface area contributed by atoms with Crippen LogP contribution in [0, 0.1) is 5.82 Å². The zero-order valence-corrected chi connectivity index (χ0v) is 22.9. The monoisotopic (exact) mass is 563 g/mol. The van der Waals surface area contributed by atoms with Gasteiger partial charge in [0.15, 0.2) is 17.4 Å². The van der Waals surface area contributed by atoms with E-state index in [0.29, 0.717) is 41.2 Å². The lowest BCUT2D eigenvalue weighted by molar-refractivity contribution is -0.0528. The van der Waals surface area contributed by atoms with Crippen molar-refractivity contribution in [2.24, 2.45) is 7.05 Å². The van der Waals surface area contributed by atoms with Gasteiger partial charge in [0, 0.05) is 73.6 Å². The van der Waals surface area contributed by atoms with Gasteiger partial charge in [0.1, 0.15) is 5.60 Å². The van der Waals surface area contributed by atoms with Crippen LogP contribution >= 0.6 is 0 Å². The Morgan fingerprint density at radius 2 is 1.73 bits per heavy atom. The molecule has 1 N–H and O–H groups in total. The number of aromatic nitrogens is 6. The van der Waals surface area contributed by atoms with Crippen LogP contribution in [0.3, 0.4) is 0 Å². The maximum atomic E-state index is 15.5. The molecule has 0 atom stereocenters. The summed E-state index contributed by atoms with van der Waals surface area (Å²) in [6.07, 6.45) is 8.61. The molecule has 0 fully saturated rings. The summed E-state index contributed by atoms with van der Waals surface area (Å²) in [4.78, 5) is 10.6. The fourth-order valence-electron chi connectivity index (χ4n) is 5.32. The van der Waals surface area contributed by atoms with E-state index < -0.39 is 23.8 Å². The average molecular weight is 564 g/mol. The molecule has 5 heterocycles. The van der Waals surface area contributed by atoms with Crippen molar-refractivity contribution in [1.29, 1.82) is 0 Å². The Morgan fingerprint density at radius 1 is 0.976 bits per heavy atom. The summed E-state index contributed by atoms with van der Waals surface area (Å²) >= 11 is 0. The van der Waals surface area contributed by atoms with Crippen molar-refractivity contribution in [3.63, 3.8) is 0 Å². The average Bonchev–Trinajstić information content (AvgIpc) is 3.48. The molecule has 6 rings (SSSR count). The summed E-state index contributed by atoms with van der Waals surface area (Å²) in [6.45, 7) is 0.888. The summed E-state index contributed by atoms with van der Waals surface area (Å²) in [5.74, 6) is -1.03. The molecule has 0 aliphatic carbocycles. The molecule has 0 saturated carbocycles. The maximum absolute atomic E-state index is 15.5. The van der Waals surface area contributed by atoms with Crippen molar-refractivity contribution in [2.75, 3.05) is 7.05 Å². The molecular formula is C29H28F3N7O2. The second-order valence-corrected chi connectivity index (χ2v) is 10.8. The molecule has 12 heteroatoms. The highest BCUT2D eigenvalue weighted by Gasteiger charge is 2.29. The zero-order chi connectivity index (χ0) is 29.1. The van der Waals surface area contributed by atoms with Crippen LogP contribution in [-0.4, -0.2) is 53.0 Å². The van der Waals surface area contributed by atoms with Crippen molar-refractivity contribution in [2.45, 2.75) is 45.6 Å². The maximum Gasteiger partial charge on any atom is 0.387 e. The normalized spacial score (nSPS) is 14.2. The van der Waals surface area contributed by atoms with Crippen molar-refractivity contribution in [3.8, 4) is 28.0 Å². The first-order valence-electron chi connectivity index (χ1n) is 13.0. The van der Waals surface area contributed by atoms with E-state index in [1.54, 1.807) is 54.9 Å². The number of halogens is 3. The number of pyridine rings is 1. The Labute approximate surface area is 233 Å².